The van der Waals surface area contributed by atoms with E-state index < -0.39 is 0 Å². The zero-order valence-electron chi connectivity index (χ0n) is 26.2. The second kappa shape index (κ2) is 15.3. The van der Waals surface area contributed by atoms with Crippen LogP contribution in [-0.4, -0.2) is 79.4 Å². The first-order valence-electron chi connectivity index (χ1n) is 15.6. The molecule has 4 aromatic rings. The molecule has 0 aliphatic carbocycles. The molecule has 0 unspecified atom stereocenters. The fourth-order valence-corrected chi connectivity index (χ4v) is 5.39. The van der Waals surface area contributed by atoms with E-state index in [2.05, 4.69) is 28.2 Å². The lowest BCUT2D eigenvalue weighted by atomic mass is 10.1. The van der Waals surface area contributed by atoms with Gasteiger partial charge in [-0.3, -0.25) is 4.90 Å². The van der Waals surface area contributed by atoms with E-state index in [1.165, 1.54) is 25.0 Å². The average Bonchev–Trinajstić information content (AvgIpc) is 3.64. The molecule has 3 aromatic carbocycles. The maximum atomic E-state index is 13.9. The van der Waals surface area contributed by atoms with Crippen molar-refractivity contribution < 1.29 is 23.3 Å². The fourth-order valence-electron chi connectivity index (χ4n) is 5.39. The lowest BCUT2D eigenvalue weighted by molar-refractivity contribution is 0.238. The van der Waals surface area contributed by atoms with E-state index in [1.807, 2.05) is 44.4 Å². The van der Waals surface area contributed by atoms with Gasteiger partial charge in [0.1, 0.15) is 53.4 Å². The maximum absolute atomic E-state index is 13.9. The number of rotatable bonds is 16. The number of hydrogen-bond acceptors (Lipinski definition) is 7. The topological polar surface area (TPSA) is 61.2 Å². The maximum Gasteiger partial charge on any atom is 0.150 e. The molecule has 1 aromatic heterocycles. The van der Waals surface area contributed by atoms with Crippen molar-refractivity contribution >= 4 is 11.0 Å². The van der Waals surface area contributed by atoms with Crippen LogP contribution >= 0.6 is 0 Å². The largest absolute Gasteiger partial charge is 0.492 e. The molecule has 1 saturated heterocycles. The van der Waals surface area contributed by atoms with Crippen molar-refractivity contribution in [2.75, 3.05) is 60.1 Å². The summed E-state index contributed by atoms with van der Waals surface area (Å²) in [4.78, 5) is 9.65. The van der Waals surface area contributed by atoms with Crippen molar-refractivity contribution in [1.29, 1.82) is 0 Å². The van der Waals surface area contributed by atoms with Crippen molar-refractivity contribution in [2.24, 2.45) is 0 Å². The van der Waals surface area contributed by atoms with E-state index in [4.69, 9.17) is 23.9 Å². The van der Waals surface area contributed by atoms with E-state index in [9.17, 15) is 4.39 Å². The van der Waals surface area contributed by atoms with E-state index in [-0.39, 0.29) is 12.4 Å². The third kappa shape index (κ3) is 8.01. The Balaban J connectivity index is 1.56. The summed E-state index contributed by atoms with van der Waals surface area (Å²) < 4.78 is 40.7. The summed E-state index contributed by atoms with van der Waals surface area (Å²) in [6.45, 7) is 12.0. The van der Waals surface area contributed by atoms with Gasteiger partial charge in [-0.15, -0.1) is 0 Å². The number of hydrogen-bond donors (Lipinski definition) is 0. The molecule has 0 spiro atoms. The highest BCUT2D eigenvalue weighted by atomic mass is 19.1. The van der Waals surface area contributed by atoms with Crippen LogP contribution in [0.1, 0.15) is 32.6 Å². The molecular weight excluding hydrogens is 559 g/mol. The number of likely N-dealkylation sites (N-methyl/N-ethyl adjacent to an activating group) is 1. The molecule has 1 aliphatic rings. The van der Waals surface area contributed by atoms with Crippen molar-refractivity contribution in [3.8, 4) is 40.1 Å². The number of aryl methyl sites for hydroxylation is 1. The van der Waals surface area contributed by atoms with Crippen LogP contribution in [0.5, 0.6) is 28.7 Å². The van der Waals surface area contributed by atoms with Crippen molar-refractivity contribution in [3.05, 3.63) is 67.3 Å². The van der Waals surface area contributed by atoms with Gasteiger partial charge in [-0.25, -0.2) is 9.37 Å². The second-order valence-electron chi connectivity index (χ2n) is 11.3. The number of unbranched alkanes of at least 4 members (excludes halogenated alkanes) is 1. The molecular formula is C35H44FN4O4. The van der Waals surface area contributed by atoms with Gasteiger partial charge >= 0.3 is 0 Å². The Labute approximate surface area is 260 Å². The van der Waals surface area contributed by atoms with Gasteiger partial charge in [-0.05, 0) is 77.6 Å². The minimum Gasteiger partial charge on any atom is -0.492 e. The Bertz CT molecular complexity index is 1520. The first kappa shape index (κ1) is 31.6. The molecule has 44 heavy (non-hydrogen) atoms. The van der Waals surface area contributed by atoms with Crippen LogP contribution < -0.4 is 18.9 Å². The van der Waals surface area contributed by atoms with Crippen molar-refractivity contribution in [2.45, 2.75) is 39.2 Å². The van der Waals surface area contributed by atoms with Gasteiger partial charge in [-0.1, -0.05) is 19.4 Å². The number of nitrogens with zero attached hydrogens (tertiary/aromatic N) is 4. The molecule has 2 heterocycles. The summed E-state index contributed by atoms with van der Waals surface area (Å²) in [5.41, 5.74) is 2.53. The molecule has 0 N–H and O–H groups in total. The Morgan fingerprint density at radius 1 is 0.886 bits per heavy atom. The summed E-state index contributed by atoms with van der Waals surface area (Å²) >= 11 is 0. The van der Waals surface area contributed by atoms with E-state index >= 15 is 0 Å². The first-order valence-corrected chi connectivity index (χ1v) is 15.6. The first-order chi connectivity index (χ1) is 21.4. The summed E-state index contributed by atoms with van der Waals surface area (Å²) in [7, 11) is 4.05. The molecule has 0 bridgehead atoms. The molecule has 1 aliphatic heterocycles. The minimum atomic E-state index is -0.351. The quantitative estimate of drug-likeness (QED) is 0.136. The molecule has 8 nitrogen and oxygen atoms in total. The highest BCUT2D eigenvalue weighted by Crippen LogP contribution is 2.40. The number of ether oxygens (including phenoxy) is 4. The van der Waals surface area contributed by atoms with Gasteiger partial charge < -0.3 is 28.4 Å². The summed E-state index contributed by atoms with van der Waals surface area (Å²) in [5, 5.41) is 0. The van der Waals surface area contributed by atoms with Gasteiger partial charge in [-0.2, -0.15) is 0 Å². The zero-order valence-corrected chi connectivity index (χ0v) is 26.2. The van der Waals surface area contributed by atoms with Crippen LogP contribution in [0.15, 0.2) is 54.6 Å². The monoisotopic (exact) mass is 603 g/mol. The molecule has 0 amide bonds. The highest BCUT2D eigenvalue weighted by molar-refractivity contribution is 5.88. The van der Waals surface area contributed by atoms with Crippen molar-refractivity contribution in [1.82, 2.24) is 19.4 Å². The van der Waals surface area contributed by atoms with Crippen LogP contribution in [0.25, 0.3) is 22.4 Å². The van der Waals surface area contributed by atoms with Crippen LogP contribution in [0.2, 0.25) is 0 Å². The number of fused-ring (bicyclic) bond motifs is 1. The normalized spacial score (nSPS) is 13.6. The molecule has 1 fully saturated rings. The van der Waals surface area contributed by atoms with Crippen LogP contribution in [0.4, 0.5) is 4.39 Å². The molecule has 235 valence electrons. The molecule has 0 saturated carbocycles. The molecule has 1 radical (unpaired) electrons. The molecule has 5 rings (SSSR count). The van der Waals surface area contributed by atoms with E-state index in [0.29, 0.717) is 36.2 Å². The number of likely N-dealkylation sites (tertiary alicyclic amines) is 1. The predicted octanol–water partition coefficient (Wildman–Crippen LogP) is 7.06. The summed E-state index contributed by atoms with van der Waals surface area (Å²) in [5.74, 6) is 3.44. The zero-order chi connectivity index (χ0) is 30.9. The third-order valence-electron chi connectivity index (χ3n) is 7.68. The predicted molar refractivity (Wildman–Crippen MR) is 173 cm³/mol. The lowest BCUT2D eigenvalue weighted by Crippen LogP contribution is -2.25. The number of imidazole rings is 1. The van der Waals surface area contributed by atoms with E-state index in [1.54, 1.807) is 12.1 Å². The Kier molecular flexibility index (Phi) is 11.0. The average molecular weight is 604 g/mol. The Morgan fingerprint density at radius 2 is 1.68 bits per heavy atom. The van der Waals surface area contributed by atoms with Gasteiger partial charge in [0.25, 0.3) is 0 Å². The number of halogens is 1. The second-order valence-corrected chi connectivity index (χ2v) is 11.3. The van der Waals surface area contributed by atoms with Gasteiger partial charge in [0, 0.05) is 43.9 Å². The molecule has 9 heteroatoms. The number of benzene rings is 3. The highest BCUT2D eigenvalue weighted by Gasteiger charge is 2.22. The lowest BCUT2D eigenvalue weighted by Gasteiger charge is -2.18. The van der Waals surface area contributed by atoms with E-state index in [0.717, 1.165) is 73.7 Å². The standard InChI is InChI=1S/C35H44FN4O4/c1-5-7-17-40-31-23-29(42-20-18-38(3)4)25-33(41-6-2)34(31)37-35(40)30-14-13-28(44-27-12-10-11-26(36)22-27)24-32(30)43-21-19-39-15-8-9-16-39/h10-14,22-25H,2,5-9,15-21H2,1,3-4H3. The number of aromatic nitrogens is 2. The van der Waals surface area contributed by atoms with Crippen LogP contribution in [-0.2, 0) is 6.54 Å². The Hall–Kier alpha value is -3.82. The van der Waals surface area contributed by atoms with Crippen LogP contribution in [0.3, 0.4) is 0 Å². The van der Waals surface area contributed by atoms with Gasteiger partial charge in [0.2, 0.25) is 0 Å². The minimum absolute atomic E-state index is 0.268. The van der Waals surface area contributed by atoms with Crippen LogP contribution in [0, 0.1) is 12.7 Å². The van der Waals surface area contributed by atoms with Gasteiger partial charge in [0.05, 0.1) is 17.7 Å². The van der Waals surface area contributed by atoms with Crippen molar-refractivity contribution in [3.63, 3.8) is 0 Å². The summed E-state index contributed by atoms with van der Waals surface area (Å²) in [6, 6.07) is 15.8. The molecule has 0 atom stereocenters. The fraction of sp³-hybridized carbons (Fsp3) is 0.429. The Morgan fingerprint density at radius 3 is 2.43 bits per heavy atom. The smallest absolute Gasteiger partial charge is 0.150 e. The summed E-state index contributed by atoms with van der Waals surface area (Å²) in [6.07, 6.45) is 4.45. The van der Waals surface area contributed by atoms with Gasteiger partial charge in [0.15, 0.2) is 5.75 Å². The SMILES string of the molecule is [CH2]COc1cc(OCCN(C)C)cc2c1nc(-c1ccc(Oc3cccc(F)c3)cc1OCCN1CCCC1)n2CCCC. The third-order valence-corrected chi connectivity index (χ3v) is 7.68.